The van der Waals surface area contributed by atoms with Gasteiger partial charge in [0.1, 0.15) is 19.8 Å². The number of quaternary nitrogens is 1. The van der Waals surface area contributed by atoms with E-state index in [1.54, 1.807) is 0 Å². The zero-order valence-corrected chi connectivity index (χ0v) is 45.2. The fourth-order valence-electron chi connectivity index (χ4n) is 7.83. The average Bonchev–Trinajstić information content (AvgIpc) is 3.29. The molecule has 392 valence electrons. The fourth-order valence-corrected chi connectivity index (χ4v) is 8.55. The number of phosphoric acid groups is 1. The van der Waals surface area contributed by atoms with Crippen LogP contribution >= 0.6 is 7.82 Å². The molecule has 0 aliphatic rings. The third kappa shape index (κ3) is 53.2. The van der Waals surface area contributed by atoms with Crippen LogP contribution in [-0.2, 0) is 32.7 Å². The lowest BCUT2D eigenvalue weighted by atomic mass is 10.0. The summed E-state index contributed by atoms with van der Waals surface area (Å²) in [5, 5.41) is 0. The summed E-state index contributed by atoms with van der Waals surface area (Å²) in [5.41, 5.74) is 0. The molecule has 67 heavy (non-hydrogen) atoms. The van der Waals surface area contributed by atoms with E-state index in [2.05, 4.69) is 62.5 Å². The smallest absolute Gasteiger partial charge is 0.306 e. The lowest BCUT2D eigenvalue weighted by molar-refractivity contribution is -0.870. The van der Waals surface area contributed by atoms with Crippen LogP contribution in [0.3, 0.4) is 0 Å². The molecule has 0 rings (SSSR count). The summed E-state index contributed by atoms with van der Waals surface area (Å²) in [7, 11) is 1.16. The van der Waals surface area contributed by atoms with Gasteiger partial charge in [-0.2, -0.15) is 0 Å². The van der Waals surface area contributed by atoms with Crippen molar-refractivity contribution in [1.82, 2.24) is 0 Å². The van der Waals surface area contributed by atoms with Crippen molar-refractivity contribution in [2.75, 3.05) is 47.5 Å². The van der Waals surface area contributed by atoms with E-state index in [9.17, 15) is 19.0 Å². The topological polar surface area (TPSA) is 111 Å². The Morgan fingerprint density at radius 3 is 1.27 bits per heavy atom. The van der Waals surface area contributed by atoms with Gasteiger partial charge in [0.15, 0.2) is 6.10 Å². The van der Waals surface area contributed by atoms with E-state index in [1.165, 1.54) is 148 Å². The highest BCUT2D eigenvalue weighted by molar-refractivity contribution is 7.45. The van der Waals surface area contributed by atoms with Crippen molar-refractivity contribution in [3.63, 3.8) is 0 Å². The number of carbonyl (C=O) groups is 2. The molecule has 0 fully saturated rings. The van der Waals surface area contributed by atoms with Crippen LogP contribution in [0.4, 0.5) is 0 Å². The number of esters is 2. The minimum Gasteiger partial charge on any atom is -0.756 e. The van der Waals surface area contributed by atoms with Crippen LogP contribution in [0, 0.1) is 0 Å². The molecule has 0 aliphatic carbocycles. The molecule has 0 aliphatic heterocycles. The van der Waals surface area contributed by atoms with E-state index in [4.69, 9.17) is 18.5 Å². The standard InChI is InChI=1S/C57H106NO8P/c1-6-8-10-12-14-16-18-20-22-24-26-28-30-31-33-35-37-39-41-43-45-47-49-56(59)63-53-55(54-65-67(61,62)64-52-51-58(3,4)5)66-57(60)50-48-46-44-42-40-38-36-34-32-29-27-25-23-21-19-17-15-13-11-9-7-2/h9,11,15,17,21,23,27,29,55H,6-8,10,12-14,16,18-20,22,24-26,28,30-54H2,1-5H3/b11-9-,17-15-,23-21-,29-27-. The third-order valence-corrected chi connectivity index (χ3v) is 13.1. The van der Waals surface area contributed by atoms with Crippen molar-refractivity contribution in [1.29, 1.82) is 0 Å². The minimum absolute atomic E-state index is 0.0325. The molecule has 2 atom stereocenters. The average molecular weight is 964 g/mol. The van der Waals surface area contributed by atoms with E-state index < -0.39 is 26.5 Å². The molecule has 0 aromatic carbocycles. The Balaban J connectivity index is 4.19. The summed E-state index contributed by atoms with van der Waals surface area (Å²) in [4.78, 5) is 37.8. The molecule has 0 aromatic heterocycles. The van der Waals surface area contributed by atoms with Crippen molar-refractivity contribution < 1.29 is 42.1 Å². The zero-order chi connectivity index (χ0) is 49.2. The second-order valence-electron chi connectivity index (χ2n) is 19.9. The van der Waals surface area contributed by atoms with Gasteiger partial charge in [0.2, 0.25) is 0 Å². The van der Waals surface area contributed by atoms with Gasteiger partial charge in [-0.15, -0.1) is 0 Å². The molecule has 0 bridgehead atoms. The molecule has 10 heteroatoms. The maximum atomic E-state index is 12.8. The molecule has 0 spiro atoms. The molecular formula is C57H106NO8P. The molecule has 0 saturated carbocycles. The Bertz CT molecular complexity index is 1270. The summed E-state index contributed by atoms with van der Waals surface area (Å²) in [5.74, 6) is -0.833. The Kier molecular flexibility index (Phi) is 47.5. The number of rotatable bonds is 51. The number of carbonyl (C=O) groups excluding carboxylic acids is 2. The number of hydrogen-bond acceptors (Lipinski definition) is 8. The predicted molar refractivity (Wildman–Crippen MR) is 282 cm³/mol. The first kappa shape index (κ1) is 65.0. The van der Waals surface area contributed by atoms with E-state index in [0.29, 0.717) is 17.4 Å². The normalized spacial score (nSPS) is 13.7. The number of phosphoric ester groups is 1. The van der Waals surface area contributed by atoms with Crippen LogP contribution in [0.15, 0.2) is 48.6 Å². The van der Waals surface area contributed by atoms with Gasteiger partial charge >= 0.3 is 11.9 Å². The molecule has 9 nitrogen and oxygen atoms in total. The van der Waals surface area contributed by atoms with Crippen LogP contribution in [0.25, 0.3) is 0 Å². The Morgan fingerprint density at radius 1 is 0.478 bits per heavy atom. The monoisotopic (exact) mass is 964 g/mol. The fraction of sp³-hybridized carbons (Fsp3) is 0.825. The summed E-state index contributed by atoms with van der Waals surface area (Å²) >= 11 is 0. The second-order valence-corrected chi connectivity index (χ2v) is 21.3. The summed E-state index contributed by atoms with van der Waals surface area (Å²) < 4.78 is 34.1. The summed E-state index contributed by atoms with van der Waals surface area (Å²) in [6, 6.07) is 0. The highest BCUT2D eigenvalue weighted by Gasteiger charge is 2.21. The molecule has 0 N–H and O–H groups in total. The lowest BCUT2D eigenvalue weighted by Crippen LogP contribution is -2.37. The first-order valence-corrected chi connectivity index (χ1v) is 29.3. The van der Waals surface area contributed by atoms with Crippen molar-refractivity contribution in [3.05, 3.63) is 48.6 Å². The van der Waals surface area contributed by atoms with Gasteiger partial charge in [-0.05, 0) is 51.4 Å². The Labute approximate surface area is 414 Å². The number of ether oxygens (including phenoxy) is 2. The minimum atomic E-state index is -4.64. The SMILES string of the molecule is CC/C=C\C/C=C\C/C=C\C/C=C\CCCCCCCCCCC(=O)OC(COC(=O)CCCCCCCCCCCCCCCCCCCCCCCC)COP(=O)([O-])OCC[N+](C)(C)C. The number of likely N-dealkylation sites (N-methyl/N-ethyl adjacent to an activating group) is 1. The van der Waals surface area contributed by atoms with Crippen LogP contribution in [0.5, 0.6) is 0 Å². The zero-order valence-electron chi connectivity index (χ0n) is 44.3. The molecule has 0 heterocycles. The van der Waals surface area contributed by atoms with Crippen molar-refractivity contribution in [2.24, 2.45) is 0 Å². The van der Waals surface area contributed by atoms with Gasteiger partial charge in [-0.3, -0.25) is 14.2 Å². The van der Waals surface area contributed by atoms with E-state index in [-0.39, 0.29) is 32.0 Å². The molecular weight excluding hydrogens is 858 g/mol. The summed E-state index contributed by atoms with van der Waals surface area (Å²) in [6.45, 7) is 4.15. The lowest BCUT2D eigenvalue weighted by Gasteiger charge is -2.28. The number of allylic oxidation sites excluding steroid dienone is 8. The highest BCUT2D eigenvalue weighted by Crippen LogP contribution is 2.38. The first-order chi connectivity index (χ1) is 32.5. The third-order valence-electron chi connectivity index (χ3n) is 12.1. The Morgan fingerprint density at radius 2 is 0.851 bits per heavy atom. The molecule has 0 saturated heterocycles. The highest BCUT2D eigenvalue weighted by atomic mass is 31.2. The van der Waals surface area contributed by atoms with Gasteiger partial charge in [-0.25, -0.2) is 0 Å². The molecule has 0 radical (unpaired) electrons. The van der Waals surface area contributed by atoms with Crippen LogP contribution in [-0.4, -0.2) is 70.0 Å². The van der Waals surface area contributed by atoms with Gasteiger partial charge in [-0.1, -0.05) is 236 Å². The predicted octanol–water partition coefficient (Wildman–Crippen LogP) is 16.3. The van der Waals surface area contributed by atoms with E-state index in [0.717, 1.165) is 70.6 Å². The number of hydrogen-bond donors (Lipinski definition) is 0. The number of nitrogens with zero attached hydrogens (tertiary/aromatic N) is 1. The first-order valence-electron chi connectivity index (χ1n) is 27.8. The number of unbranched alkanes of at least 4 members (excludes halogenated alkanes) is 29. The molecule has 2 unspecified atom stereocenters. The van der Waals surface area contributed by atoms with Gasteiger partial charge in [0.25, 0.3) is 7.82 Å². The molecule has 0 amide bonds. The molecule has 0 aromatic rings. The van der Waals surface area contributed by atoms with Gasteiger partial charge in [0.05, 0.1) is 27.7 Å². The summed E-state index contributed by atoms with van der Waals surface area (Å²) in [6.07, 6.45) is 60.0. The maximum absolute atomic E-state index is 12.8. The van der Waals surface area contributed by atoms with Crippen LogP contribution < -0.4 is 4.89 Å². The van der Waals surface area contributed by atoms with Gasteiger partial charge < -0.3 is 27.9 Å². The second kappa shape index (κ2) is 49.0. The quantitative estimate of drug-likeness (QED) is 0.0195. The van der Waals surface area contributed by atoms with E-state index >= 15 is 0 Å². The van der Waals surface area contributed by atoms with Crippen LogP contribution in [0.2, 0.25) is 0 Å². The van der Waals surface area contributed by atoms with Crippen molar-refractivity contribution >= 4 is 19.8 Å². The van der Waals surface area contributed by atoms with Crippen molar-refractivity contribution in [2.45, 2.75) is 258 Å². The largest absolute Gasteiger partial charge is 0.756 e. The van der Waals surface area contributed by atoms with E-state index in [1.807, 2.05) is 21.1 Å². The van der Waals surface area contributed by atoms with Crippen LogP contribution in [0.1, 0.15) is 251 Å². The maximum Gasteiger partial charge on any atom is 0.306 e. The van der Waals surface area contributed by atoms with Gasteiger partial charge in [0, 0.05) is 12.8 Å². The Hall–Kier alpha value is -2.03. The van der Waals surface area contributed by atoms with Crippen molar-refractivity contribution in [3.8, 4) is 0 Å².